The van der Waals surface area contributed by atoms with Crippen LogP contribution in [0.2, 0.25) is 0 Å². The van der Waals surface area contributed by atoms with Gasteiger partial charge < -0.3 is 20.1 Å². The third kappa shape index (κ3) is 15.6. The number of carbonyl (C=O) groups is 1. The van der Waals surface area contributed by atoms with Gasteiger partial charge in [0.25, 0.3) is 0 Å². The van der Waals surface area contributed by atoms with Crippen molar-refractivity contribution in [3.05, 3.63) is 12.2 Å². The summed E-state index contributed by atoms with van der Waals surface area (Å²) in [5, 5.41) is 24.5. The molecule has 5 nitrogen and oxygen atoms in total. The molecule has 5 heteroatoms. The Bertz CT molecular complexity index is 175. The zero-order chi connectivity index (χ0) is 12.8. The van der Waals surface area contributed by atoms with Crippen molar-refractivity contribution < 1.29 is 24.9 Å². The summed E-state index contributed by atoms with van der Waals surface area (Å²) < 4.78 is 4.65. The minimum atomic E-state index is -0.395. The normalized spacial score (nSPS) is 9.00. The van der Waals surface area contributed by atoms with Gasteiger partial charge in [-0.05, 0) is 19.8 Å². The number of rotatable bonds is 7. The maximum absolute atomic E-state index is 10.6. The van der Waals surface area contributed by atoms with Crippen LogP contribution in [0.5, 0.6) is 0 Å². The van der Waals surface area contributed by atoms with Gasteiger partial charge in [-0.3, -0.25) is 0 Å². The van der Waals surface area contributed by atoms with Crippen molar-refractivity contribution in [2.24, 2.45) is 0 Å². The van der Waals surface area contributed by atoms with Crippen molar-refractivity contribution in [3.63, 3.8) is 0 Å². The lowest BCUT2D eigenvalue weighted by Crippen LogP contribution is -2.06. The first kappa shape index (κ1) is 17.5. The molecule has 0 heterocycles. The number of carbonyl (C=O) groups excluding carboxylic acids is 1. The summed E-state index contributed by atoms with van der Waals surface area (Å²) in [5.41, 5.74) is 0.387. The van der Waals surface area contributed by atoms with Crippen molar-refractivity contribution in [2.75, 3.05) is 26.4 Å². The van der Waals surface area contributed by atoms with E-state index in [-0.39, 0.29) is 26.4 Å². The van der Waals surface area contributed by atoms with Gasteiger partial charge in [0.05, 0.1) is 6.61 Å². The van der Waals surface area contributed by atoms with Crippen LogP contribution in [-0.2, 0) is 9.53 Å². The van der Waals surface area contributed by atoms with Gasteiger partial charge in [0, 0.05) is 31.8 Å². The Kier molecular flexibility index (Phi) is 15.4. The number of aliphatic hydroxyl groups excluding tert-OH is 3. The highest BCUT2D eigenvalue weighted by Crippen LogP contribution is 1.92. The van der Waals surface area contributed by atoms with Crippen LogP contribution in [0.15, 0.2) is 12.2 Å². The van der Waals surface area contributed by atoms with Crippen LogP contribution in [0, 0.1) is 0 Å². The lowest BCUT2D eigenvalue weighted by molar-refractivity contribution is -0.139. The van der Waals surface area contributed by atoms with Gasteiger partial charge >= 0.3 is 5.97 Å². The first-order chi connectivity index (χ1) is 7.59. The van der Waals surface area contributed by atoms with E-state index in [1.165, 1.54) is 0 Å². The summed E-state index contributed by atoms with van der Waals surface area (Å²) in [4.78, 5) is 10.6. The molecule has 0 aliphatic heterocycles. The molecule has 0 aliphatic rings. The van der Waals surface area contributed by atoms with Crippen LogP contribution in [0.3, 0.4) is 0 Å². The fourth-order valence-electron chi connectivity index (χ4n) is 0.576. The topological polar surface area (TPSA) is 87.0 Å². The third-order valence-corrected chi connectivity index (χ3v) is 1.45. The monoisotopic (exact) mass is 234 g/mol. The molecule has 0 saturated carbocycles. The van der Waals surface area contributed by atoms with E-state index in [9.17, 15) is 4.79 Å². The summed E-state index contributed by atoms with van der Waals surface area (Å²) in [7, 11) is 0. The van der Waals surface area contributed by atoms with Gasteiger partial charge in [0.2, 0.25) is 0 Å². The first-order valence-corrected chi connectivity index (χ1v) is 5.25. The van der Waals surface area contributed by atoms with Crippen molar-refractivity contribution in [2.45, 2.75) is 26.2 Å². The largest absolute Gasteiger partial charge is 0.462 e. The fraction of sp³-hybridized carbons (Fsp3) is 0.727. The van der Waals surface area contributed by atoms with E-state index in [1.54, 1.807) is 6.92 Å². The number of aliphatic hydroxyl groups is 3. The van der Waals surface area contributed by atoms with E-state index in [1.807, 2.05) is 0 Å². The highest BCUT2D eigenvalue weighted by atomic mass is 16.5. The molecule has 0 fully saturated rings. The molecule has 16 heavy (non-hydrogen) atoms. The Morgan fingerprint density at radius 3 is 1.81 bits per heavy atom. The lowest BCUT2D eigenvalue weighted by atomic mass is 10.3. The Hall–Kier alpha value is -0.910. The fourth-order valence-corrected chi connectivity index (χ4v) is 0.576. The zero-order valence-electron chi connectivity index (χ0n) is 9.81. The standard InChI is InChI=1S/C7H12O3.C4H10O2/c1-6(2)7(9)10-5-3-4-8;5-3-1-2-4-6/h8H,1,3-5H2,2H3;5-6H,1-4H2. The van der Waals surface area contributed by atoms with E-state index in [2.05, 4.69) is 11.3 Å². The highest BCUT2D eigenvalue weighted by molar-refractivity contribution is 5.86. The van der Waals surface area contributed by atoms with E-state index < -0.39 is 5.97 Å². The molecule has 0 atom stereocenters. The number of hydrogen-bond donors (Lipinski definition) is 3. The molecule has 0 rings (SSSR count). The summed E-state index contributed by atoms with van der Waals surface area (Å²) in [5.74, 6) is -0.395. The zero-order valence-corrected chi connectivity index (χ0v) is 9.81. The van der Waals surface area contributed by atoms with E-state index in [4.69, 9.17) is 15.3 Å². The van der Waals surface area contributed by atoms with Gasteiger partial charge in [0.15, 0.2) is 0 Å². The van der Waals surface area contributed by atoms with Crippen LogP contribution in [0.1, 0.15) is 26.2 Å². The molecule has 0 amide bonds. The van der Waals surface area contributed by atoms with Crippen molar-refractivity contribution >= 4 is 5.97 Å². The quantitative estimate of drug-likeness (QED) is 0.334. The first-order valence-electron chi connectivity index (χ1n) is 5.25. The average Bonchev–Trinajstić information content (AvgIpc) is 2.27. The van der Waals surface area contributed by atoms with Crippen molar-refractivity contribution in [3.8, 4) is 0 Å². The SMILES string of the molecule is C=C(C)C(=O)OCCCO.OCCCCO. The molecule has 0 radical (unpaired) electrons. The second-order valence-electron chi connectivity index (χ2n) is 3.15. The lowest BCUT2D eigenvalue weighted by Gasteiger charge is -2.00. The van der Waals surface area contributed by atoms with Gasteiger partial charge in [-0.2, -0.15) is 0 Å². The van der Waals surface area contributed by atoms with Crippen molar-refractivity contribution in [1.82, 2.24) is 0 Å². The molecular weight excluding hydrogens is 212 g/mol. The maximum Gasteiger partial charge on any atom is 0.333 e. The molecule has 0 aromatic heterocycles. The smallest absolute Gasteiger partial charge is 0.333 e. The van der Waals surface area contributed by atoms with Gasteiger partial charge in [-0.15, -0.1) is 0 Å². The summed E-state index contributed by atoms with van der Waals surface area (Å²) >= 11 is 0. The second-order valence-corrected chi connectivity index (χ2v) is 3.15. The minimum Gasteiger partial charge on any atom is -0.462 e. The predicted octanol–water partition coefficient (Wildman–Crippen LogP) is 0.239. The van der Waals surface area contributed by atoms with Crippen molar-refractivity contribution in [1.29, 1.82) is 0 Å². The summed E-state index contributed by atoms with van der Waals surface area (Å²) in [6.07, 6.45) is 1.92. The van der Waals surface area contributed by atoms with Gasteiger partial charge in [-0.1, -0.05) is 6.58 Å². The van der Waals surface area contributed by atoms with Crippen LogP contribution < -0.4 is 0 Å². The van der Waals surface area contributed by atoms with Gasteiger partial charge in [-0.25, -0.2) is 4.79 Å². The number of unbranched alkanes of at least 4 members (excludes halogenated alkanes) is 1. The maximum atomic E-state index is 10.6. The number of ether oxygens (including phenoxy) is 1. The highest BCUT2D eigenvalue weighted by Gasteiger charge is 2.00. The molecule has 0 bridgehead atoms. The Balaban J connectivity index is 0. The molecule has 0 aromatic rings. The molecule has 0 aromatic carbocycles. The molecule has 0 saturated heterocycles. The van der Waals surface area contributed by atoms with Crippen LogP contribution in [0.4, 0.5) is 0 Å². The average molecular weight is 234 g/mol. The molecule has 0 unspecified atom stereocenters. The van der Waals surface area contributed by atoms with E-state index in [0.717, 1.165) is 12.8 Å². The summed E-state index contributed by atoms with van der Waals surface area (Å²) in [6.45, 7) is 5.68. The minimum absolute atomic E-state index is 0.0451. The Labute approximate surface area is 96.4 Å². The van der Waals surface area contributed by atoms with Crippen LogP contribution >= 0.6 is 0 Å². The molecular formula is C11H22O5. The predicted molar refractivity (Wildman–Crippen MR) is 60.9 cm³/mol. The number of hydrogen-bond acceptors (Lipinski definition) is 5. The Morgan fingerprint density at radius 1 is 1.06 bits per heavy atom. The van der Waals surface area contributed by atoms with E-state index >= 15 is 0 Å². The van der Waals surface area contributed by atoms with Crippen LogP contribution in [0.25, 0.3) is 0 Å². The molecule has 3 N–H and O–H groups in total. The molecule has 96 valence electrons. The number of esters is 1. The second kappa shape index (κ2) is 14.1. The van der Waals surface area contributed by atoms with E-state index in [0.29, 0.717) is 12.0 Å². The molecule has 0 spiro atoms. The molecule has 0 aliphatic carbocycles. The third-order valence-electron chi connectivity index (χ3n) is 1.45. The van der Waals surface area contributed by atoms with Crippen LogP contribution in [-0.4, -0.2) is 47.7 Å². The summed E-state index contributed by atoms with van der Waals surface area (Å²) in [6, 6.07) is 0. The Morgan fingerprint density at radius 2 is 1.50 bits per heavy atom. The van der Waals surface area contributed by atoms with Gasteiger partial charge in [0.1, 0.15) is 0 Å².